The monoisotopic (exact) mass is 293 g/mol. The summed E-state index contributed by atoms with van der Waals surface area (Å²) >= 11 is 0. The van der Waals surface area contributed by atoms with Gasteiger partial charge in [0.25, 0.3) is 0 Å². The zero-order chi connectivity index (χ0) is 15.5. The summed E-state index contributed by atoms with van der Waals surface area (Å²) in [6.45, 7) is 8.78. The SMILES string of the molecule is COCC1CCCN(c2ccc(N)c(OC(C)(C)C)n2)C1. The standard InChI is InChI=1S/C16H27N3O2/c1-16(2,3)21-15-13(17)7-8-14(18-15)19-9-5-6-12(10-19)11-20-4/h7-8,12H,5-6,9-11,17H2,1-4H3. The van der Waals surface area contributed by atoms with Crippen LogP contribution in [0.1, 0.15) is 33.6 Å². The van der Waals surface area contributed by atoms with Crippen molar-refractivity contribution in [3.05, 3.63) is 12.1 Å². The average molecular weight is 293 g/mol. The van der Waals surface area contributed by atoms with Crippen LogP contribution >= 0.6 is 0 Å². The molecule has 0 aliphatic carbocycles. The number of nitrogens with two attached hydrogens (primary N) is 1. The first kappa shape index (κ1) is 15.9. The molecule has 2 rings (SSSR count). The predicted octanol–water partition coefficient (Wildman–Crippen LogP) is 2.70. The number of ether oxygens (including phenoxy) is 2. The molecule has 0 amide bonds. The fraction of sp³-hybridized carbons (Fsp3) is 0.688. The second-order valence-corrected chi connectivity index (χ2v) is 6.69. The molecule has 1 fully saturated rings. The smallest absolute Gasteiger partial charge is 0.239 e. The maximum absolute atomic E-state index is 5.98. The highest BCUT2D eigenvalue weighted by atomic mass is 16.5. The minimum atomic E-state index is -0.305. The van der Waals surface area contributed by atoms with Crippen molar-refractivity contribution in [2.75, 3.05) is 37.4 Å². The van der Waals surface area contributed by atoms with Crippen LogP contribution in [-0.4, -0.2) is 37.4 Å². The van der Waals surface area contributed by atoms with Gasteiger partial charge in [-0.2, -0.15) is 4.98 Å². The van der Waals surface area contributed by atoms with Gasteiger partial charge in [-0.15, -0.1) is 0 Å². The Morgan fingerprint density at radius 1 is 1.38 bits per heavy atom. The summed E-state index contributed by atoms with van der Waals surface area (Å²) in [7, 11) is 1.76. The van der Waals surface area contributed by atoms with Crippen molar-refractivity contribution in [2.45, 2.75) is 39.2 Å². The van der Waals surface area contributed by atoms with Gasteiger partial charge in [0.05, 0.1) is 12.3 Å². The Morgan fingerprint density at radius 2 is 2.14 bits per heavy atom. The van der Waals surface area contributed by atoms with E-state index in [0.717, 1.165) is 31.9 Å². The molecule has 1 aromatic heterocycles. The van der Waals surface area contributed by atoms with Crippen LogP contribution in [0.2, 0.25) is 0 Å². The highest BCUT2D eigenvalue weighted by Gasteiger charge is 2.22. The summed E-state index contributed by atoms with van der Waals surface area (Å²) in [5, 5.41) is 0. The first-order valence-corrected chi connectivity index (χ1v) is 7.58. The summed E-state index contributed by atoms with van der Waals surface area (Å²) < 4.78 is 11.1. The molecule has 0 spiro atoms. The van der Waals surface area contributed by atoms with Gasteiger partial charge in [0.2, 0.25) is 5.88 Å². The summed E-state index contributed by atoms with van der Waals surface area (Å²) in [6.07, 6.45) is 2.38. The molecule has 5 heteroatoms. The van der Waals surface area contributed by atoms with Gasteiger partial charge in [-0.1, -0.05) is 0 Å². The summed E-state index contributed by atoms with van der Waals surface area (Å²) in [4.78, 5) is 6.91. The third-order valence-electron chi connectivity index (χ3n) is 3.52. The lowest BCUT2D eigenvalue weighted by atomic mass is 9.99. The Hall–Kier alpha value is -1.49. The number of methoxy groups -OCH3 is 1. The second-order valence-electron chi connectivity index (χ2n) is 6.69. The van der Waals surface area contributed by atoms with Crippen molar-refractivity contribution in [2.24, 2.45) is 5.92 Å². The molecular formula is C16H27N3O2. The van der Waals surface area contributed by atoms with Gasteiger partial charge in [0.15, 0.2) is 0 Å². The maximum Gasteiger partial charge on any atom is 0.239 e. The lowest BCUT2D eigenvalue weighted by Crippen LogP contribution is -2.37. The summed E-state index contributed by atoms with van der Waals surface area (Å²) in [5.41, 5.74) is 6.25. The fourth-order valence-electron chi connectivity index (χ4n) is 2.63. The predicted molar refractivity (Wildman–Crippen MR) is 85.8 cm³/mol. The van der Waals surface area contributed by atoms with Crippen molar-refractivity contribution in [1.82, 2.24) is 4.98 Å². The lowest BCUT2D eigenvalue weighted by Gasteiger charge is -2.33. The minimum absolute atomic E-state index is 0.305. The third-order valence-corrected chi connectivity index (χ3v) is 3.52. The zero-order valence-electron chi connectivity index (χ0n) is 13.6. The molecule has 1 atom stereocenters. The Balaban J connectivity index is 2.14. The van der Waals surface area contributed by atoms with Crippen molar-refractivity contribution in [3.63, 3.8) is 0 Å². The van der Waals surface area contributed by atoms with Gasteiger partial charge in [-0.05, 0) is 51.7 Å². The highest BCUT2D eigenvalue weighted by molar-refractivity contribution is 5.55. The molecule has 1 unspecified atom stereocenters. The molecule has 0 saturated carbocycles. The van der Waals surface area contributed by atoms with Crippen LogP contribution in [-0.2, 0) is 4.74 Å². The van der Waals surface area contributed by atoms with Crippen LogP contribution in [0.3, 0.4) is 0 Å². The van der Waals surface area contributed by atoms with Crippen LogP contribution in [0, 0.1) is 5.92 Å². The first-order chi connectivity index (χ1) is 9.89. The Morgan fingerprint density at radius 3 is 2.81 bits per heavy atom. The van der Waals surface area contributed by atoms with Crippen molar-refractivity contribution >= 4 is 11.5 Å². The number of rotatable bonds is 4. The summed E-state index contributed by atoms with van der Waals surface area (Å²) in [5.74, 6) is 2.02. The summed E-state index contributed by atoms with van der Waals surface area (Å²) in [6, 6.07) is 3.85. The van der Waals surface area contributed by atoms with Gasteiger partial charge in [-0.3, -0.25) is 0 Å². The van der Waals surface area contributed by atoms with Crippen molar-refractivity contribution in [3.8, 4) is 5.88 Å². The second kappa shape index (κ2) is 6.52. The topological polar surface area (TPSA) is 60.6 Å². The molecule has 1 aliphatic heterocycles. The first-order valence-electron chi connectivity index (χ1n) is 7.58. The molecular weight excluding hydrogens is 266 g/mol. The number of anilines is 2. The molecule has 1 saturated heterocycles. The van der Waals surface area contributed by atoms with E-state index in [1.807, 2.05) is 32.9 Å². The number of aromatic nitrogens is 1. The molecule has 0 aromatic carbocycles. The minimum Gasteiger partial charge on any atom is -0.470 e. The Kier molecular flexibility index (Phi) is 4.93. The quantitative estimate of drug-likeness (QED) is 0.925. The lowest BCUT2D eigenvalue weighted by molar-refractivity contribution is 0.125. The molecule has 2 heterocycles. The number of piperidine rings is 1. The van der Waals surface area contributed by atoms with Crippen LogP contribution in [0.4, 0.5) is 11.5 Å². The third kappa shape index (κ3) is 4.49. The molecule has 1 aliphatic rings. The van der Waals surface area contributed by atoms with Gasteiger partial charge in [-0.25, -0.2) is 0 Å². The van der Waals surface area contributed by atoms with E-state index in [-0.39, 0.29) is 5.60 Å². The van der Waals surface area contributed by atoms with E-state index in [9.17, 15) is 0 Å². The number of pyridine rings is 1. The fourth-order valence-corrected chi connectivity index (χ4v) is 2.63. The van der Waals surface area contributed by atoms with E-state index >= 15 is 0 Å². The molecule has 21 heavy (non-hydrogen) atoms. The van der Waals surface area contributed by atoms with E-state index in [1.165, 1.54) is 6.42 Å². The van der Waals surface area contributed by atoms with E-state index < -0.39 is 0 Å². The van der Waals surface area contributed by atoms with Gasteiger partial charge >= 0.3 is 0 Å². The molecule has 2 N–H and O–H groups in total. The number of nitrogens with zero attached hydrogens (tertiary/aromatic N) is 2. The average Bonchev–Trinajstić information content (AvgIpc) is 2.40. The van der Waals surface area contributed by atoms with Crippen LogP contribution < -0.4 is 15.4 Å². The van der Waals surface area contributed by atoms with E-state index in [1.54, 1.807) is 7.11 Å². The molecule has 118 valence electrons. The van der Waals surface area contributed by atoms with Gasteiger partial charge in [0, 0.05) is 20.2 Å². The van der Waals surface area contributed by atoms with Crippen molar-refractivity contribution < 1.29 is 9.47 Å². The maximum atomic E-state index is 5.98. The normalized spacial score (nSPS) is 19.6. The number of nitrogen functional groups attached to an aromatic ring is 1. The molecule has 0 bridgehead atoms. The van der Waals surface area contributed by atoms with Crippen LogP contribution in [0.5, 0.6) is 5.88 Å². The Labute approximate surface area is 127 Å². The van der Waals surface area contributed by atoms with Crippen LogP contribution in [0.25, 0.3) is 0 Å². The molecule has 1 aromatic rings. The molecule has 5 nitrogen and oxygen atoms in total. The largest absolute Gasteiger partial charge is 0.470 e. The number of hydrogen-bond acceptors (Lipinski definition) is 5. The van der Waals surface area contributed by atoms with E-state index in [4.69, 9.17) is 15.2 Å². The van der Waals surface area contributed by atoms with E-state index in [2.05, 4.69) is 9.88 Å². The Bertz CT molecular complexity index is 469. The number of hydrogen-bond donors (Lipinski definition) is 1. The van der Waals surface area contributed by atoms with Crippen LogP contribution in [0.15, 0.2) is 12.1 Å². The van der Waals surface area contributed by atoms with Gasteiger partial charge in [0.1, 0.15) is 11.4 Å². The molecule has 0 radical (unpaired) electrons. The highest BCUT2D eigenvalue weighted by Crippen LogP contribution is 2.28. The zero-order valence-corrected chi connectivity index (χ0v) is 13.6. The van der Waals surface area contributed by atoms with Gasteiger partial charge < -0.3 is 20.1 Å². The van der Waals surface area contributed by atoms with E-state index in [0.29, 0.717) is 17.5 Å². The van der Waals surface area contributed by atoms with Crippen molar-refractivity contribution in [1.29, 1.82) is 0 Å².